The van der Waals surface area contributed by atoms with E-state index < -0.39 is 11.7 Å². The first-order chi connectivity index (χ1) is 13.3. The minimum atomic E-state index is -4.36. The van der Waals surface area contributed by atoms with E-state index in [1.807, 2.05) is 11.8 Å². The smallest absolute Gasteiger partial charge is 0.341 e. The summed E-state index contributed by atoms with van der Waals surface area (Å²) in [5.74, 6) is -0.112. The molecule has 3 rings (SSSR count). The van der Waals surface area contributed by atoms with Gasteiger partial charge in [-0.3, -0.25) is 9.59 Å². The number of amides is 2. The van der Waals surface area contributed by atoms with E-state index in [0.29, 0.717) is 31.7 Å². The normalized spacial score (nSPS) is 21.5. The molecule has 2 heterocycles. The van der Waals surface area contributed by atoms with Crippen molar-refractivity contribution in [3.05, 3.63) is 35.4 Å². The molecule has 9 heteroatoms. The molecular weight excluding hydrogens is 407 g/mol. The van der Waals surface area contributed by atoms with Crippen molar-refractivity contribution in [2.75, 3.05) is 32.7 Å². The zero-order valence-corrected chi connectivity index (χ0v) is 17.2. The Kier molecular flexibility index (Phi) is 7.94. The zero-order chi connectivity index (χ0) is 20.3. The van der Waals surface area contributed by atoms with E-state index in [0.717, 1.165) is 31.5 Å². The van der Waals surface area contributed by atoms with E-state index in [1.165, 1.54) is 12.1 Å². The highest BCUT2D eigenvalue weighted by atomic mass is 35.5. The molecule has 0 radical (unpaired) electrons. The molecule has 1 N–H and O–H groups in total. The first kappa shape index (κ1) is 23.5. The average molecular weight is 434 g/mol. The van der Waals surface area contributed by atoms with Gasteiger partial charge in [0.15, 0.2) is 0 Å². The van der Waals surface area contributed by atoms with Crippen LogP contribution < -0.4 is 5.32 Å². The van der Waals surface area contributed by atoms with Crippen LogP contribution in [0.4, 0.5) is 13.2 Å². The molecule has 0 saturated carbocycles. The maximum atomic E-state index is 12.7. The second kappa shape index (κ2) is 9.80. The molecule has 162 valence electrons. The molecular formula is C20H27ClF3N3O2. The molecule has 2 fully saturated rings. The van der Waals surface area contributed by atoms with E-state index in [2.05, 4.69) is 5.32 Å². The average Bonchev–Trinajstić information content (AvgIpc) is 2.68. The van der Waals surface area contributed by atoms with Crippen molar-refractivity contribution in [1.29, 1.82) is 0 Å². The van der Waals surface area contributed by atoms with E-state index in [9.17, 15) is 22.8 Å². The fourth-order valence-electron chi connectivity index (χ4n) is 3.95. The molecule has 2 aliphatic rings. The van der Waals surface area contributed by atoms with E-state index in [1.54, 1.807) is 4.90 Å². The highest BCUT2D eigenvalue weighted by molar-refractivity contribution is 5.85. The Morgan fingerprint density at radius 1 is 1.24 bits per heavy atom. The van der Waals surface area contributed by atoms with Crippen LogP contribution >= 0.6 is 12.4 Å². The van der Waals surface area contributed by atoms with Crippen LogP contribution in [0.1, 0.15) is 43.2 Å². The minimum Gasteiger partial charge on any atom is -0.341 e. The van der Waals surface area contributed by atoms with Gasteiger partial charge in [-0.15, -0.1) is 12.4 Å². The highest BCUT2D eigenvalue weighted by Crippen LogP contribution is 2.31. The molecule has 2 saturated heterocycles. The number of nitrogens with one attached hydrogen (secondary N) is 1. The number of nitrogens with zero attached hydrogens (tertiary/aromatic N) is 2. The van der Waals surface area contributed by atoms with Crippen molar-refractivity contribution < 1.29 is 22.8 Å². The second-order valence-corrected chi connectivity index (χ2v) is 7.62. The van der Waals surface area contributed by atoms with Crippen LogP contribution in [0.15, 0.2) is 24.3 Å². The SMILES string of the molecule is CC(CC(=O)N1CCCC(N2CCNCC2=O)C1)c1ccc(C(F)(F)F)cc1.Cl. The Morgan fingerprint density at radius 2 is 1.93 bits per heavy atom. The lowest BCUT2D eigenvalue weighted by Gasteiger charge is -2.41. The quantitative estimate of drug-likeness (QED) is 0.794. The number of piperidine rings is 1. The number of hydrogen-bond acceptors (Lipinski definition) is 3. The summed E-state index contributed by atoms with van der Waals surface area (Å²) in [5, 5.41) is 3.05. The first-order valence-corrected chi connectivity index (χ1v) is 9.71. The molecule has 2 aliphatic heterocycles. The fraction of sp³-hybridized carbons (Fsp3) is 0.600. The summed E-state index contributed by atoms with van der Waals surface area (Å²) in [6.45, 7) is 4.81. The summed E-state index contributed by atoms with van der Waals surface area (Å²) in [7, 11) is 0. The predicted octanol–water partition coefficient (Wildman–Crippen LogP) is 3.04. The summed E-state index contributed by atoms with van der Waals surface area (Å²) >= 11 is 0. The monoisotopic (exact) mass is 433 g/mol. The fourth-order valence-corrected chi connectivity index (χ4v) is 3.95. The largest absolute Gasteiger partial charge is 0.416 e. The molecule has 0 aromatic heterocycles. The van der Waals surface area contributed by atoms with E-state index in [4.69, 9.17) is 0 Å². The summed E-state index contributed by atoms with van der Waals surface area (Å²) in [6.07, 6.45) is -2.37. The van der Waals surface area contributed by atoms with Gasteiger partial charge in [0.1, 0.15) is 0 Å². The van der Waals surface area contributed by atoms with Crippen molar-refractivity contribution >= 4 is 24.2 Å². The third-order valence-electron chi connectivity index (χ3n) is 5.60. The number of carbonyl (C=O) groups excluding carboxylic acids is 2. The standard InChI is InChI=1S/C20H26F3N3O2.ClH/c1-14(15-4-6-16(7-5-15)20(21,22)23)11-18(27)25-9-2-3-17(13-25)26-10-8-24-12-19(26)28;/h4-7,14,17,24H,2-3,8-13H2,1H3;1H. The van der Waals surface area contributed by atoms with Crippen LogP contribution in [0.5, 0.6) is 0 Å². The Bertz CT molecular complexity index is 712. The number of hydrogen-bond donors (Lipinski definition) is 1. The van der Waals surface area contributed by atoms with Gasteiger partial charge in [-0.2, -0.15) is 13.2 Å². The molecule has 1 aromatic carbocycles. The summed E-state index contributed by atoms with van der Waals surface area (Å²) in [5.41, 5.74) is 0.0292. The lowest BCUT2D eigenvalue weighted by molar-refractivity contribution is -0.140. The van der Waals surface area contributed by atoms with Crippen LogP contribution in [0.2, 0.25) is 0 Å². The van der Waals surface area contributed by atoms with Gasteiger partial charge in [0.25, 0.3) is 0 Å². The van der Waals surface area contributed by atoms with Gasteiger partial charge in [0.2, 0.25) is 11.8 Å². The lowest BCUT2D eigenvalue weighted by Crippen LogP contribution is -2.57. The number of benzene rings is 1. The second-order valence-electron chi connectivity index (χ2n) is 7.62. The minimum absolute atomic E-state index is 0. The van der Waals surface area contributed by atoms with Gasteiger partial charge in [0.05, 0.1) is 12.1 Å². The van der Waals surface area contributed by atoms with Gasteiger partial charge in [0, 0.05) is 38.6 Å². The summed E-state index contributed by atoms with van der Waals surface area (Å²) in [6, 6.07) is 5.05. The molecule has 29 heavy (non-hydrogen) atoms. The van der Waals surface area contributed by atoms with Gasteiger partial charge in [-0.1, -0.05) is 19.1 Å². The lowest BCUT2D eigenvalue weighted by atomic mass is 9.95. The Balaban J connectivity index is 0.00000300. The summed E-state index contributed by atoms with van der Waals surface area (Å²) < 4.78 is 38.1. The molecule has 0 spiro atoms. The van der Waals surface area contributed by atoms with Gasteiger partial charge < -0.3 is 15.1 Å². The topological polar surface area (TPSA) is 52.7 Å². The maximum Gasteiger partial charge on any atom is 0.416 e. The van der Waals surface area contributed by atoms with Gasteiger partial charge in [-0.25, -0.2) is 0 Å². The molecule has 2 atom stereocenters. The number of piperazine rings is 1. The van der Waals surface area contributed by atoms with E-state index >= 15 is 0 Å². The predicted molar refractivity (Wildman–Crippen MR) is 106 cm³/mol. The van der Waals surface area contributed by atoms with Gasteiger partial charge in [-0.05, 0) is 36.5 Å². The Hall–Kier alpha value is -1.80. The molecule has 0 aliphatic carbocycles. The van der Waals surface area contributed by atoms with Crippen molar-refractivity contribution in [3.8, 4) is 0 Å². The van der Waals surface area contributed by atoms with E-state index in [-0.39, 0.29) is 42.6 Å². The third kappa shape index (κ3) is 5.85. The molecule has 1 aromatic rings. The number of alkyl halides is 3. The highest BCUT2D eigenvalue weighted by Gasteiger charge is 2.32. The maximum absolute atomic E-state index is 12.7. The molecule has 2 amide bonds. The van der Waals surface area contributed by atoms with Crippen LogP contribution in [-0.4, -0.2) is 60.4 Å². The van der Waals surface area contributed by atoms with Crippen molar-refractivity contribution in [3.63, 3.8) is 0 Å². The number of rotatable bonds is 4. The Morgan fingerprint density at radius 3 is 2.55 bits per heavy atom. The summed E-state index contributed by atoms with van der Waals surface area (Å²) in [4.78, 5) is 28.5. The molecule has 5 nitrogen and oxygen atoms in total. The van der Waals surface area contributed by atoms with Crippen LogP contribution in [-0.2, 0) is 15.8 Å². The number of carbonyl (C=O) groups is 2. The van der Waals surface area contributed by atoms with Crippen molar-refractivity contribution in [2.45, 2.75) is 44.3 Å². The van der Waals surface area contributed by atoms with Crippen molar-refractivity contribution in [1.82, 2.24) is 15.1 Å². The number of likely N-dealkylation sites (tertiary alicyclic amines) is 1. The van der Waals surface area contributed by atoms with Crippen LogP contribution in [0.3, 0.4) is 0 Å². The first-order valence-electron chi connectivity index (χ1n) is 9.71. The van der Waals surface area contributed by atoms with Gasteiger partial charge >= 0.3 is 6.18 Å². The van der Waals surface area contributed by atoms with Crippen LogP contribution in [0, 0.1) is 0 Å². The number of halogens is 4. The third-order valence-corrected chi connectivity index (χ3v) is 5.60. The zero-order valence-electron chi connectivity index (χ0n) is 16.4. The molecule has 2 unspecified atom stereocenters. The van der Waals surface area contributed by atoms with Crippen molar-refractivity contribution in [2.24, 2.45) is 0 Å². The molecule has 0 bridgehead atoms. The Labute approximate surface area is 175 Å². The van der Waals surface area contributed by atoms with Crippen LogP contribution in [0.25, 0.3) is 0 Å².